The van der Waals surface area contributed by atoms with Crippen LogP contribution >= 0.6 is 0 Å². The molecule has 0 saturated carbocycles. The third-order valence-corrected chi connectivity index (χ3v) is 4.95. The van der Waals surface area contributed by atoms with Crippen LogP contribution in [0.15, 0.2) is 0 Å². The minimum absolute atomic E-state index is 0.204. The van der Waals surface area contributed by atoms with Crippen LogP contribution in [0, 0.1) is 0 Å². The molecule has 0 aromatic heterocycles. The third-order valence-electron chi connectivity index (χ3n) is 4.95. The van der Waals surface area contributed by atoms with Gasteiger partial charge in [0.2, 0.25) is 0 Å². The van der Waals surface area contributed by atoms with E-state index >= 15 is 0 Å². The maximum absolute atomic E-state index is 9.32. The lowest BCUT2D eigenvalue weighted by Crippen LogP contribution is -2.42. The normalized spacial score (nSPS) is 22.1. The van der Waals surface area contributed by atoms with Crippen LogP contribution in [0.2, 0.25) is 0 Å². The van der Waals surface area contributed by atoms with Crippen molar-refractivity contribution in [1.29, 1.82) is 0 Å². The molecule has 0 aromatic carbocycles. The largest absolute Gasteiger partial charge is 0.395 e. The second-order valence-electron chi connectivity index (χ2n) is 6.81. The molecule has 0 radical (unpaired) electrons. The van der Waals surface area contributed by atoms with Gasteiger partial charge in [0.25, 0.3) is 0 Å². The minimum atomic E-state index is 0.204. The Bertz CT molecular complexity index is 310. The number of β-amino-alcohol motifs (C(OH)–C–C–N with tert-alkyl or cyclic N) is 2. The molecule has 1 rings (SSSR count). The Morgan fingerprint density at radius 2 is 1.12 bits per heavy atom. The Hall–Kier alpha value is -0.280. The zero-order valence-electron chi connectivity index (χ0n) is 16.4. The highest BCUT2D eigenvalue weighted by atomic mass is 16.5. The Morgan fingerprint density at radius 3 is 1.60 bits per heavy atom. The van der Waals surface area contributed by atoms with Gasteiger partial charge in [-0.15, -0.1) is 0 Å². The van der Waals surface area contributed by atoms with Crippen LogP contribution in [0.3, 0.4) is 0 Å². The molecule has 0 aliphatic carbocycles. The molecule has 0 unspecified atom stereocenters. The van der Waals surface area contributed by atoms with Gasteiger partial charge in [0.05, 0.1) is 19.9 Å². The van der Waals surface area contributed by atoms with Crippen LogP contribution in [0.5, 0.6) is 0 Å². The summed E-state index contributed by atoms with van der Waals surface area (Å²) >= 11 is 0. The standard InChI is InChI=1S/C18H40N4O3/c1-3-19-6-4-9-22(18-25-2)13-12-21(15-17-24)8-5-7-20(11-10-19)14-16-23/h23-24H,3-18H2,1-2H3. The van der Waals surface area contributed by atoms with Gasteiger partial charge < -0.3 is 19.8 Å². The van der Waals surface area contributed by atoms with E-state index in [-0.39, 0.29) is 13.2 Å². The number of hydrogen-bond acceptors (Lipinski definition) is 7. The first-order valence-corrected chi connectivity index (χ1v) is 9.83. The lowest BCUT2D eigenvalue weighted by molar-refractivity contribution is 0.0492. The van der Waals surface area contributed by atoms with E-state index in [1.807, 2.05) is 0 Å². The van der Waals surface area contributed by atoms with E-state index < -0.39 is 0 Å². The summed E-state index contributed by atoms with van der Waals surface area (Å²) in [5, 5.41) is 18.6. The van der Waals surface area contributed by atoms with Gasteiger partial charge >= 0.3 is 0 Å². The SMILES string of the molecule is CCN1CCCN(COC)CCN(CCO)CCCN(CCO)CC1. The average Bonchev–Trinajstić information content (AvgIpc) is 2.61. The zero-order valence-corrected chi connectivity index (χ0v) is 16.4. The fraction of sp³-hybridized carbons (Fsp3) is 1.00. The monoisotopic (exact) mass is 360 g/mol. The van der Waals surface area contributed by atoms with Crippen LogP contribution in [0.25, 0.3) is 0 Å². The van der Waals surface area contributed by atoms with Crippen molar-refractivity contribution in [2.75, 3.05) is 99.0 Å². The number of likely N-dealkylation sites (N-methyl/N-ethyl adjacent to an activating group) is 1. The summed E-state index contributed by atoms with van der Waals surface area (Å²) in [7, 11) is 1.75. The zero-order chi connectivity index (χ0) is 18.3. The molecule has 0 atom stereocenters. The molecule has 1 aliphatic heterocycles. The first kappa shape index (κ1) is 22.8. The molecule has 150 valence electrons. The third kappa shape index (κ3) is 10.5. The lowest BCUT2D eigenvalue weighted by Gasteiger charge is -2.31. The van der Waals surface area contributed by atoms with Gasteiger partial charge in [-0.2, -0.15) is 0 Å². The van der Waals surface area contributed by atoms with Crippen LogP contribution in [-0.2, 0) is 4.74 Å². The topological polar surface area (TPSA) is 62.7 Å². The molecule has 25 heavy (non-hydrogen) atoms. The second-order valence-corrected chi connectivity index (χ2v) is 6.81. The van der Waals surface area contributed by atoms with Crippen molar-refractivity contribution in [3.63, 3.8) is 0 Å². The Kier molecular flexibility index (Phi) is 13.5. The molecule has 7 nitrogen and oxygen atoms in total. The van der Waals surface area contributed by atoms with Crippen LogP contribution in [-0.4, -0.2) is 129 Å². The average molecular weight is 361 g/mol. The summed E-state index contributed by atoms with van der Waals surface area (Å²) in [6, 6.07) is 0. The molecule has 0 aromatic rings. The van der Waals surface area contributed by atoms with Crippen LogP contribution < -0.4 is 0 Å². The molecule has 0 bridgehead atoms. The molecule has 0 spiro atoms. The molecule has 1 saturated heterocycles. The minimum Gasteiger partial charge on any atom is -0.395 e. The highest BCUT2D eigenvalue weighted by molar-refractivity contribution is 4.68. The van der Waals surface area contributed by atoms with E-state index in [0.29, 0.717) is 6.73 Å². The van der Waals surface area contributed by atoms with Crippen molar-refractivity contribution in [1.82, 2.24) is 19.6 Å². The fourth-order valence-corrected chi connectivity index (χ4v) is 3.41. The molecule has 1 heterocycles. The molecular formula is C18H40N4O3. The summed E-state index contributed by atoms with van der Waals surface area (Å²) in [5.74, 6) is 0. The van der Waals surface area contributed by atoms with Gasteiger partial charge in [-0.1, -0.05) is 6.92 Å². The predicted octanol–water partition coefficient (Wildman–Crippen LogP) is -0.403. The summed E-state index contributed by atoms with van der Waals surface area (Å²) in [5.41, 5.74) is 0. The van der Waals surface area contributed by atoms with E-state index in [1.165, 1.54) is 0 Å². The predicted molar refractivity (Wildman–Crippen MR) is 102 cm³/mol. The molecular weight excluding hydrogens is 320 g/mol. The number of nitrogens with zero attached hydrogens (tertiary/aromatic N) is 4. The fourth-order valence-electron chi connectivity index (χ4n) is 3.41. The molecule has 1 aliphatic rings. The number of aliphatic hydroxyl groups excluding tert-OH is 2. The van der Waals surface area contributed by atoms with Crippen LogP contribution in [0.4, 0.5) is 0 Å². The van der Waals surface area contributed by atoms with Crippen molar-refractivity contribution in [2.45, 2.75) is 19.8 Å². The lowest BCUT2D eigenvalue weighted by atomic mass is 10.3. The summed E-state index contributed by atoms with van der Waals surface area (Å²) in [6.07, 6.45) is 2.20. The van der Waals surface area contributed by atoms with Crippen molar-refractivity contribution in [3.8, 4) is 0 Å². The van der Waals surface area contributed by atoms with Crippen molar-refractivity contribution < 1.29 is 14.9 Å². The summed E-state index contributed by atoms with van der Waals surface area (Å²) in [4.78, 5) is 9.56. The summed E-state index contributed by atoms with van der Waals surface area (Å²) in [6.45, 7) is 14.0. The smallest absolute Gasteiger partial charge is 0.0986 e. The van der Waals surface area contributed by atoms with Gasteiger partial charge in [-0.3, -0.25) is 14.7 Å². The van der Waals surface area contributed by atoms with E-state index in [0.717, 1.165) is 84.8 Å². The van der Waals surface area contributed by atoms with Gasteiger partial charge in [0, 0.05) is 52.9 Å². The first-order valence-electron chi connectivity index (χ1n) is 9.83. The number of methoxy groups -OCH3 is 1. The van der Waals surface area contributed by atoms with Gasteiger partial charge in [-0.25, -0.2) is 0 Å². The number of aliphatic hydroxyl groups is 2. The number of rotatable bonds is 7. The Labute approximate surface area is 154 Å². The highest BCUT2D eigenvalue weighted by Crippen LogP contribution is 2.02. The molecule has 0 amide bonds. The Balaban J connectivity index is 2.64. The van der Waals surface area contributed by atoms with Crippen molar-refractivity contribution in [3.05, 3.63) is 0 Å². The van der Waals surface area contributed by atoms with E-state index in [2.05, 4.69) is 26.5 Å². The van der Waals surface area contributed by atoms with E-state index in [1.54, 1.807) is 7.11 Å². The van der Waals surface area contributed by atoms with Crippen molar-refractivity contribution in [2.24, 2.45) is 0 Å². The van der Waals surface area contributed by atoms with E-state index in [9.17, 15) is 10.2 Å². The van der Waals surface area contributed by atoms with E-state index in [4.69, 9.17) is 4.74 Å². The molecule has 1 fully saturated rings. The first-order chi connectivity index (χ1) is 12.2. The second kappa shape index (κ2) is 14.8. The van der Waals surface area contributed by atoms with Gasteiger partial charge in [0.1, 0.15) is 0 Å². The molecule has 7 heteroatoms. The maximum atomic E-state index is 9.32. The van der Waals surface area contributed by atoms with Crippen molar-refractivity contribution >= 4 is 0 Å². The quantitative estimate of drug-likeness (QED) is 0.640. The maximum Gasteiger partial charge on any atom is 0.0986 e. The van der Waals surface area contributed by atoms with Gasteiger partial charge in [0.15, 0.2) is 0 Å². The highest BCUT2D eigenvalue weighted by Gasteiger charge is 2.13. The van der Waals surface area contributed by atoms with Gasteiger partial charge in [-0.05, 0) is 39.0 Å². The number of ether oxygens (including phenoxy) is 1. The van der Waals surface area contributed by atoms with Crippen LogP contribution in [0.1, 0.15) is 19.8 Å². The Morgan fingerprint density at radius 1 is 0.680 bits per heavy atom. The summed E-state index contributed by atoms with van der Waals surface area (Å²) < 4.78 is 5.35. The molecule has 2 N–H and O–H groups in total. The number of hydrogen-bond donors (Lipinski definition) is 2.